The van der Waals surface area contributed by atoms with Crippen molar-refractivity contribution in [2.24, 2.45) is 0 Å². The molecule has 0 spiro atoms. The Morgan fingerprint density at radius 2 is 2.00 bits per heavy atom. The van der Waals surface area contributed by atoms with Gasteiger partial charge in [-0.15, -0.1) is 0 Å². The molecule has 4 nitrogen and oxygen atoms in total. The zero-order chi connectivity index (χ0) is 12.1. The number of benzene rings is 1. The molecule has 2 N–H and O–H groups in total. The lowest BCUT2D eigenvalue weighted by Gasteiger charge is -2.14. The zero-order valence-electron chi connectivity index (χ0n) is 8.96. The largest absolute Gasteiger partial charge is 0.493 e. The highest BCUT2D eigenvalue weighted by atomic mass is 19.3. The highest BCUT2D eigenvalue weighted by Crippen LogP contribution is 2.38. The third-order valence-corrected chi connectivity index (χ3v) is 2.09. The molecule has 0 atom stereocenters. The molecular weight excluding hydrogens is 220 g/mol. The summed E-state index contributed by atoms with van der Waals surface area (Å²) >= 11 is 0. The Labute approximate surface area is 91.7 Å². The van der Waals surface area contributed by atoms with Crippen molar-refractivity contribution < 1.29 is 23.5 Å². The van der Waals surface area contributed by atoms with Gasteiger partial charge in [0.05, 0.1) is 19.8 Å². The lowest BCUT2D eigenvalue weighted by molar-refractivity contribution is 0.144. The van der Waals surface area contributed by atoms with Crippen LogP contribution < -0.4 is 15.0 Å². The van der Waals surface area contributed by atoms with E-state index in [1.54, 1.807) is 0 Å². The van der Waals surface area contributed by atoms with E-state index in [-0.39, 0.29) is 23.6 Å². The van der Waals surface area contributed by atoms with E-state index < -0.39 is 6.43 Å². The Balaban J connectivity index is 3.25. The monoisotopic (exact) mass is 233 g/mol. The van der Waals surface area contributed by atoms with Gasteiger partial charge in [-0.3, -0.25) is 0 Å². The van der Waals surface area contributed by atoms with Gasteiger partial charge in [-0.05, 0) is 17.7 Å². The molecule has 16 heavy (non-hydrogen) atoms. The lowest BCUT2D eigenvalue weighted by Crippen LogP contribution is -2.07. The van der Waals surface area contributed by atoms with E-state index in [2.05, 4.69) is 0 Å². The number of methoxy groups -OCH3 is 2. The maximum absolute atomic E-state index is 12.7. The minimum Gasteiger partial charge on any atom is -0.493 e. The first-order valence-corrected chi connectivity index (χ1v) is 4.54. The minimum atomic E-state index is -2.66. The third-order valence-electron chi connectivity index (χ3n) is 2.09. The maximum atomic E-state index is 12.7. The number of hydrogen-bond donors (Lipinski definition) is 2. The summed E-state index contributed by atoms with van der Waals surface area (Å²) in [6, 6.07) is 2.78. The molecule has 0 saturated heterocycles. The summed E-state index contributed by atoms with van der Waals surface area (Å²) in [5.41, 5.74) is 2.12. The van der Waals surface area contributed by atoms with Crippen LogP contribution in [0.15, 0.2) is 12.1 Å². The molecule has 0 bridgehead atoms. The van der Waals surface area contributed by atoms with Crippen LogP contribution >= 0.6 is 0 Å². The fraction of sp³-hybridized carbons (Fsp3) is 0.400. The Kier molecular flexibility index (Phi) is 4.45. The lowest BCUT2D eigenvalue weighted by atomic mass is 10.1. The standard InChI is InChI=1S/C10H13F2NO3/c1-15-8-4-6(5-13-14)3-7(10(11)12)9(8)16-2/h3-4,10,13-14H,5H2,1-2H3. The minimum absolute atomic E-state index is 0.0131. The van der Waals surface area contributed by atoms with Gasteiger partial charge in [-0.1, -0.05) is 0 Å². The normalized spacial score (nSPS) is 10.6. The van der Waals surface area contributed by atoms with Crippen LogP contribution in [0.25, 0.3) is 0 Å². The van der Waals surface area contributed by atoms with E-state index in [0.717, 1.165) is 0 Å². The summed E-state index contributed by atoms with van der Waals surface area (Å²) in [7, 11) is 2.66. The van der Waals surface area contributed by atoms with Gasteiger partial charge in [0, 0.05) is 6.54 Å². The van der Waals surface area contributed by atoms with Crippen LogP contribution in [0.2, 0.25) is 0 Å². The first kappa shape index (κ1) is 12.7. The molecule has 1 aromatic carbocycles. The van der Waals surface area contributed by atoms with Crippen LogP contribution in [0.1, 0.15) is 17.6 Å². The van der Waals surface area contributed by atoms with Crippen LogP contribution in [0.3, 0.4) is 0 Å². The number of alkyl halides is 2. The highest BCUT2D eigenvalue weighted by molar-refractivity contribution is 5.50. The average molecular weight is 233 g/mol. The van der Waals surface area contributed by atoms with E-state index in [1.165, 1.54) is 26.4 Å². The second-order valence-corrected chi connectivity index (χ2v) is 3.06. The summed E-state index contributed by atoms with van der Waals surface area (Å²) in [6.07, 6.45) is -2.66. The SMILES string of the molecule is COc1cc(CNO)cc(C(F)F)c1OC. The molecule has 0 amide bonds. The number of halogens is 2. The molecular formula is C10H13F2NO3. The molecule has 0 heterocycles. The van der Waals surface area contributed by atoms with Gasteiger partial charge in [0.25, 0.3) is 6.43 Å². The van der Waals surface area contributed by atoms with Gasteiger partial charge in [0.1, 0.15) is 0 Å². The van der Waals surface area contributed by atoms with E-state index in [4.69, 9.17) is 14.7 Å². The zero-order valence-corrected chi connectivity index (χ0v) is 8.96. The summed E-state index contributed by atoms with van der Waals surface area (Å²) in [6.45, 7) is 0.0556. The van der Waals surface area contributed by atoms with Crippen molar-refractivity contribution in [2.45, 2.75) is 13.0 Å². The molecule has 0 fully saturated rings. The molecule has 90 valence electrons. The van der Waals surface area contributed by atoms with E-state index in [1.807, 2.05) is 5.48 Å². The third kappa shape index (κ3) is 2.59. The van der Waals surface area contributed by atoms with Crippen molar-refractivity contribution in [1.29, 1.82) is 0 Å². The molecule has 0 aliphatic rings. The van der Waals surface area contributed by atoms with Gasteiger partial charge >= 0.3 is 0 Å². The fourth-order valence-corrected chi connectivity index (χ4v) is 1.41. The van der Waals surface area contributed by atoms with E-state index in [0.29, 0.717) is 5.56 Å². The molecule has 0 aromatic heterocycles. The second-order valence-electron chi connectivity index (χ2n) is 3.06. The molecule has 1 aromatic rings. The van der Waals surface area contributed by atoms with Crippen LogP contribution in [0.5, 0.6) is 11.5 Å². The van der Waals surface area contributed by atoms with Crippen molar-refractivity contribution in [3.05, 3.63) is 23.3 Å². The van der Waals surface area contributed by atoms with Crippen molar-refractivity contribution in [2.75, 3.05) is 14.2 Å². The molecule has 0 saturated carbocycles. The van der Waals surface area contributed by atoms with Gasteiger partial charge < -0.3 is 14.7 Å². The maximum Gasteiger partial charge on any atom is 0.267 e. The summed E-state index contributed by atoms with van der Waals surface area (Å²) in [5, 5.41) is 8.53. The van der Waals surface area contributed by atoms with Gasteiger partial charge in [0.15, 0.2) is 11.5 Å². The second kappa shape index (κ2) is 5.62. The highest BCUT2D eigenvalue weighted by Gasteiger charge is 2.19. The smallest absolute Gasteiger partial charge is 0.267 e. The number of hydrogen-bond acceptors (Lipinski definition) is 4. The molecule has 1 rings (SSSR count). The van der Waals surface area contributed by atoms with Crippen LogP contribution in [-0.2, 0) is 6.54 Å². The Morgan fingerprint density at radius 1 is 1.31 bits per heavy atom. The molecule has 0 aliphatic heterocycles. The Hall–Kier alpha value is -1.40. The summed E-state index contributed by atoms with van der Waals surface area (Å²) < 4.78 is 35.3. The summed E-state index contributed by atoms with van der Waals surface area (Å²) in [5.74, 6) is 0.227. The Bertz CT molecular complexity index is 358. The first-order valence-electron chi connectivity index (χ1n) is 4.54. The first-order chi connectivity index (χ1) is 7.63. The quantitative estimate of drug-likeness (QED) is 0.765. The van der Waals surface area contributed by atoms with E-state index >= 15 is 0 Å². The van der Waals surface area contributed by atoms with Crippen molar-refractivity contribution in [3.8, 4) is 11.5 Å². The van der Waals surface area contributed by atoms with Crippen LogP contribution in [0, 0.1) is 0 Å². The van der Waals surface area contributed by atoms with Crippen molar-refractivity contribution in [1.82, 2.24) is 5.48 Å². The van der Waals surface area contributed by atoms with Crippen molar-refractivity contribution in [3.63, 3.8) is 0 Å². The average Bonchev–Trinajstić information content (AvgIpc) is 2.28. The Morgan fingerprint density at radius 3 is 2.44 bits per heavy atom. The molecule has 0 aliphatic carbocycles. The van der Waals surface area contributed by atoms with Gasteiger partial charge in [0.2, 0.25) is 0 Å². The predicted molar refractivity (Wildman–Crippen MR) is 53.1 cm³/mol. The van der Waals surface area contributed by atoms with Gasteiger partial charge in [-0.2, -0.15) is 0 Å². The number of hydroxylamine groups is 1. The van der Waals surface area contributed by atoms with Crippen molar-refractivity contribution >= 4 is 0 Å². The predicted octanol–water partition coefficient (Wildman–Crippen LogP) is 2.12. The van der Waals surface area contributed by atoms with E-state index in [9.17, 15) is 8.78 Å². The number of ether oxygens (including phenoxy) is 2. The number of rotatable bonds is 5. The fourth-order valence-electron chi connectivity index (χ4n) is 1.41. The van der Waals surface area contributed by atoms with Gasteiger partial charge in [-0.25, -0.2) is 14.3 Å². The van der Waals surface area contributed by atoms with Crippen LogP contribution in [0.4, 0.5) is 8.78 Å². The number of nitrogens with one attached hydrogen (secondary N) is 1. The molecule has 0 unspecified atom stereocenters. The van der Waals surface area contributed by atoms with Crippen LogP contribution in [-0.4, -0.2) is 19.4 Å². The molecule has 0 radical (unpaired) electrons. The summed E-state index contributed by atoms with van der Waals surface area (Å²) in [4.78, 5) is 0. The molecule has 6 heteroatoms. The topological polar surface area (TPSA) is 50.7 Å².